The van der Waals surface area contributed by atoms with Crippen molar-refractivity contribution in [2.75, 3.05) is 49.6 Å². The highest BCUT2D eigenvalue weighted by Gasteiger charge is 2.28. The lowest BCUT2D eigenvalue weighted by Gasteiger charge is -2.36. The third-order valence-corrected chi connectivity index (χ3v) is 6.63. The van der Waals surface area contributed by atoms with Crippen LogP contribution in [0.1, 0.15) is 17.7 Å². The molecular weight excluding hydrogens is 433 g/mol. The van der Waals surface area contributed by atoms with Crippen LogP contribution in [0.15, 0.2) is 54.9 Å². The Balaban J connectivity index is 1.46. The zero-order valence-electron chi connectivity index (χ0n) is 19.3. The fourth-order valence-corrected chi connectivity index (χ4v) is 4.92. The number of methoxy groups -OCH3 is 1. The lowest BCUT2D eigenvalue weighted by Crippen LogP contribution is -2.49. The minimum Gasteiger partial charge on any atom is -0.467 e. The number of carbonyl (C=O) groups is 1. The normalized spacial score (nSPS) is 16.2. The SMILES string of the molecule is C=C(F)C(=O)N1CCN(c2nc(OC)nc3c2CCCN(c2cccc4ccccc24)C3)CC1. The standard InChI is InChI=1S/C26H28FN5O2/c1-18(27)25(33)31-15-13-30(14-16-31)24-21-10-6-12-32(17-22(21)28-26(29-24)34-2)23-11-5-8-19-7-3-4-9-20(19)23/h3-5,7-9,11H,1,6,10,12-17H2,2H3. The van der Waals surface area contributed by atoms with E-state index in [1.165, 1.54) is 21.4 Å². The van der Waals surface area contributed by atoms with E-state index in [-0.39, 0.29) is 0 Å². The number of benzene rings is 2. The quantitative estimate of drug-likeness (QED) is 0.552. The maximum Gasteiger partial charge on any atom is 0.318 e. The summed E-state index contributed by atoms with van der Waals surface area (Å²) in [7, 11) is 1.58. The Morgan fingerprint density at radius 1 is 1.00 bits per heavy atom. The van der Waals surface area contributed by atoms with Crippen molar-refractivity contribution < 1.29 is 13.9 Å². The van der Waals surface area contributed by atoms with Crippen LogP contribution in [0.3, 0.4) is 0 Å². The molecule has 0 N–H and O–H groups in total. The number of rotatable bonds is 4. The van der Waals surface area contributed by atoms with Crippen LogP contribution >= 0.6 is 0 Å². The minimum atomic E-state index is -0.917. The molecule has 0 unspecified atom stereocenters. The van der Waals surface area contributed by atoms with E-state index in [0.29, 0.717) is 38.7 Å². The van der Waals surface area contributed by atoms with E-state index in [1.54, 1.807) is 7.11 Å². The number of hydrogen-bond donors (Lipinski definition) is 0. The van der Waals surface area contributed by atoms with Crippen molar-refractivity contribution in [3.05, 3.63) is 66.1 Å². The topological polar surface area (TPSA) is 61.8 Å². The summed E-state index contributed by atoms with van der Waals surface area (Å²) in [5.74, 6) is -0.697. The van der Waals surface area contributed by atoms with Gasteiger partial charge in [0.25, 0.3) is 5.91 Å². The zero-order chi connectivity index (χ0) is 23.7. The van der Waals surface area contributed by atoms with Crippen molar-refractivity contribution in [3.63, 3.8) is 0 Å². The van der Waals surface area contributed by atoms with Gasteiger partial charge >= 0.3 is 6.01 Å². The van der Waals surface area contributed by atoms with Crippen LogP contribution in [0.5, 0.6) is 6.01 Å². The number of carbonyl (C=O) groups excluding carboxylic acids is 1. The Hall–Kier alpha value is -3.68. The van der Waals surface area contributed by atoms with Crippen molar-refractivity contribution in [3.8, 4) is 6.01 Å². The maximum atomic E-state index is 13.3. The lowest BCUT2D eigenvalue weighted by atomic mass is 10.1. The number of piperazine rings is 1. The van der Waals surface area contributed by atoms with Gasteiger partial charge in [0.2, 0.25) is 0 Å². The minimum absolute atomic E-state index is 0.337. The first-order valence-corrected chi connectivity index (χ1v) is 11.6. The third kappa shape index (κ3) is 4.16. The summed E-state index contributed by atoms with van der Waals surface area (Å²) in [6.07, 6.45) is 1.83. The Kier molecular flexibility index (Phi) is 6.04. The van der Waals surface area contributed by atoms with Crippen LogP contribution < -0.4 is 14.5 Å². The molecule has 3 heterocycles. The largest absolute Gasteiger partial charge is 0.467 e. The highest BCUT2D eigenvalue weighted by Crippen LogP contribution is 2.33. The molecule has 0 spiro atoms. The predicted octanol–water partition coefficient (Wildman–Crippen LogP) is 3.72. The van der Waals surface area contributed by atoms with Gasteiger partial charge in [0, 0.05) is 49.4 Å². The van der Waals surface area contributed by atoms with Gasteiger partial charge in [-0.1, -0.05) is 43.0 Å². The van der Waals surface area contributed by atoms with Crippen molar-refractivity contribution in [2.45, 2.75) is 19.4 Å². The highest BCUT2D eigenvalue weighted by atomic mass is 19.1. The molecule has 2 aliphatic heterocycles. The summed E-state index contributed by atoms with van der Waals surface area (Å²) in [6.45, 7) is 6.69. The Morgan fingerprint density at radius 2 is 1.76 bits per heavy atom. The Morgan fingerprint density at radius 3 is 2.53 bits per heavy atom. The summed E-state index contributed by atoms with van der Waals surface area (Å²) in [6, 6.07) is 15.2. The van der Waals surface area contributed by atoms with Gasteiger partial charge in [0.05, 0.1) is 19.3 Å². The van der Waals surface area contributed by atoms with Crippen molar-refractivity contribution in [1.29, 1.82) is 0 Å². The second-order valence-electron chi connectivity index (χ2n) is 8.67. The number of anilines is 2. The van der Waals surface area contributed by atoms with E-state index < -0.39 is 11.7 Å². The van der Waals surface area contributed by atoms with Gasteiger partial charge in [-0.25, -0.2) is 4.39 Å². The molecule has 7 nitrogen and oxygen atoms in total. The molecule has 8 heteroatoms. The number of hydrogen-bond acceptors (Lipinski definition) is 6. The van der Waals surface area contributed by atoms with Gasteiger partial charge in [-0.15, -0.1) is 0 Å². The molecule has 0 saturated carbocycles. The van der Waals surface area contributed by atoms with Crippen LogP contribution in [0.2, 0.25) is 0 Å². The second kappa shape index (κ2) is 9.29. The molecule has 5 rings (SSSR count). The summed E-state index contributed by atoms with van der Waals surface area (Å²) in [4.78, 5) is 27.4. The molecule has 1 amide bonds. The molecule has 1 aromatic heterocycles. The van der Waals surface area contributed by atoms with Crippen LogP contribution in [-0.2, 0) is 17.8 Å². The lowest BCUT2D eigenvalue weighted by molar-refractivity contribution is -0.128. The molecule has 2 aromatic carbocycles. The highest BCUT2D eigenvalue weighted by molar-refractivity contribution is 5.94. The van der Waals surface area contributed by atoms with Gasteiger partial charge in [-0.2, -0.15) is 9.97 Å². The van der Waals surface area contributed by atoms with Crippen LogP contribution in [-0.4, -0.2) is 60.6 Å². The molecule has 1 fully saturated rings. The molecule has 0 atom stereocenters. The number of halogens is 1. The van der Waals surface area contributed by atoms with Crippen LogP contribution in [0.4, 0.5) is 15.9 Å². The van der Waals surface area contributed by atoms with Gasteiger partial charge in [-0.3, -0.25) is 4.79 Å². The average molecular weight is 462 g/mol. The van der Waals surface area contributed by atoms with E-state index in [9.17, 15) is 9.18 Å². The molecule has 34 heavy (non-hydrogen) atoms. The first-order valence-electron chi connectivity index (χ1n) is 11.6. The Labute approximate surface area is 198 Å². The first-order chi connectivity index (χ1) is 16.5. The first kappa shape index (κ1) is 22.1. The maximum absolute atomic E-state index is 13.3. The smallest absolute Gasteiger partial charge is 0.318 e. The predicted molar refractivity (Wildman–Crippen MR) is 131 cm³/mol. The second-order valence-corrected chi connectivity index (χ2v) is 8.67. The van der Waals surface area contributed by atoms with Crippen molar-refractivity contribution >= 4 is 28.2 Å². The number of ether oxygens (including phenoxy) is 1. The van der Waals surface area contributed by atoms with Crippen molar-refractivity contribution in [1.82, 2.24) is 14.9 Å². The molecule has 3 aromatic rings. The monoisotopic (exact) mass is 461 g/mol. The average Bonchev–Trinajstić information content (AvgIpc) is 3.09. The number of amides is 1. The third-order valence-electron chi connectivity index (χ3n) is 6.63. The summed E-state index contributed by atoms with van der Waals surface area (Å²) < 4.78 is 18.8. The van der Waals surface area contributed by atoms with Gasteiger partial charge in [0.1, 0.15) is 5.82 Å². The van der Waals surface area contributed by atoms with Gasteiger partial charge in [0.15, 0.2) is 5.83 Å². The van der Waals surface area contributed by atoms with Crippen LogP contribution in [0.25, 0.3) is 10.8 Å². The van der Waals surface area contributed by atoms with E-state index in [4.69, 9.17) is 14.7 Å². The molecule has 0 aliphatic carbocycles. The van der Waals surface area contributed by atoms with E-state index >= 15 is 0 Å². The van der Waals surface area contributed by atoms with Crippen molar-refractivity contribution in [2.24, 2.45) is 0 Å². The Bertz CT molecular complexity index is 1230. The molecule has 0 radical (unpaired) electrons. The summed E-state index contributed by atoms with van der Waals surface area (Å²) in [5, 5.41) is 2.44. The van der Waals surface area contributed by atoms with E-state index in [0.717, 1.165) is 36.5 Å². The zero-order valence-corrected chi connectivity index (χ0v) is 19.3. The summed E-state index contributed by atoms with van der Waals surface area (Å²) in [5.41, 5.74) is 3.28. The van der Waals surface area contributed by atoms with E-state index in [1.807, 2.05) is 0 Å². The van der Waals surface area contributed by atoms with Gasteiger partial charge in [-0.05, 0) is 24.3 Å². The van der Waals surface area contributed by atoms with Gasteiger partial charge < -0.3 is 19.4 Å². The van der Waals surface area contributed by atoms with Crippen LogP contribution in [0, 0.1) is 0 Å². The fourth-order valence-electron chi connectivity index (χ4n) is 4.92. The fraction of sp³-hybridized carbons (Fsp3) is 0.346. The molecule has 0 bridgehead atoms. The van der Waals surface area contributed by atoms with E-state index in [2.05, 4.69) is 58.8 Å². The number of aromatic nitrogens is 2. The number of fused-ring (bicyclic) bond motifs is 2. The molecule has 2 aliphatic rings. The molecule has 1 saturated heterocycles. The number of nitrogens with zero attached hydrogens (tertiary/aromatic N) is 5. The summed E-state index contributed by atoms with van der Waals surface area (Å²) >= 11 is 0. The molecule has 176 valence electrons. The molecular formula is C26H28FN5O2.